The van der Waals surface area contributed by atoms with Gasteiger partial charge in [0, 0.05) is 75.6 Å². The van der Waals surface area contributed by atoms with Crippen molar-refractivity contribution in [1.29, 1.82) is 0 Å². The molecule has 4 aliphatic rings. The second-order valence-corrected chi connectivity index (χ2v) is 34.6. The Balaban J connectivity index is 0.000000124. The third-order valence-corrected chi connectivity index (χ3v) is 24.5. The molecule has 516 valence electrons. The molecule has 2 heterocycles. The van der Waals surface area contributed by atoms with E-state index in [1.165, 1.54) is 132 Å². The summed E-state index contributed by atoms with van der Waals surface area (Å²) >= 11 is 3.84. The lowest BCUT2D eigenvalue weighted by atomic mass is 9.79. The lowest BCUT2D eigenvalue weighted by molar-refractivity contribution is 0.572. The third-order valence-electron chi connectivity index (χ3n) is 23.9. The molecule has 0 spiro atoms. The fourth-order valence-corrected chi connectivity index (χ4v) is 19.0. The Morgan fingerprint density at radius 1 is 0.295 bits per heavy atom. The van der Waals surface area contributed by atoms with Crippen molar-refractivity contribution in [1.82, 2.24) is 0 Å². The predicted octanol–water partition coefficient (Wildman–Crippen LogP) is 29.0. The van der Waals surface area contributed by atoms with Crippen molar-refractivity contribution in [3.05, 3.63) is 327 Å². The van der Waals surface area contributed by atoms with E-state index in [1.54, 1.807) is 0 Å². The third kappa shape index (κ3) is 10.1. The zero-order chi connectivity index (χ0) is 72.6. The number of hydrogen-bond acceptors (Lipinski definition) is 4. The van der Waals surface area contributed by atoms with Gasteiger partial charge in [-0.3, -0.25) is 0 Å². The van der Waals surface area contributed by atoms with Gasteiger partial charge < -0.3 is 19.1 Å². The van der Waals surface area contributed by atoms with Crippen molar-refractivity contribution >= 4 is 110 Å². The molecule has 0 atom stereocenters. The van der Waals surface area contributed by atoms with Gasteiger partial charge in [0.05, 0.1) is 17.1 Å². The maximum Gasteiger partial charge on any atom is 0.159 e. The van der Waals surface area contributed by atoms with Crippen molar-refractivity contribution < 1.29 is 8.83 Å². The number of nitrogens with zero attached hydrogens (tertiary/aromatic N) is 1. The molecule has 0 saturated carbocycles. The molecule has 20 rings (SSSR count). The van der Waals surface area contributed by atoms with Crippen molar-refractivity contribution in [3.8, 4) is 44.5 Å². The van der Waals surface area contributed by atoms with Crippen molar-refractivity contribution in [3.63, 3.8) is 0 Å². The Morgan fingerprint density at radius 2 is 0.676 bits per heavy atom. The van der Waals surface area contributed by atoms with Gasteiger partial charge in [0.1, 0.15) is 11.2 Å². The summed E-state index contributed by atoms with van der Waals surface area (Å²) in [5.74, 6) is 0. The summed E-state index contributed by atoms with van der Waals surface area (Å²) in [5.41, 5.74) is 33.8. The van der Waals surface area contributed by atoms with E-state index in [1.807, 2.05) is 18.2 Å². The molecule has 1 N–H and O–H groups in total. The van der Waals surface area contributed by atoms with Crippen LogP contribution in [0.1, 0.15) is 153 Å². The monoisotopic (exact) mass is 1430 g/mol. The van der Waals surface area contributed by atoms with Crippen LogP contribution in [0.5, 0.6) is 0 Å². The van der Waals surface area contributed by atoms with Crippen LogP contribution in [0, 0.1) is 0 Å². The van der Waals surface area contributed by atoms with Gasteiger partial charge in [-0.05, 0) is 189 Å². The molecule has 14 aromatic carbocycles. The number of anilines is 5. The van der Waals surface area contributed by atoms with Gasteiger partial charge in [0.15, 0.2) is 11.2 Å². The molecule has 16 aromatic rings. The van der Waals surface area contributed by atoms with E-state index in [0.717, 1.165) is 66.9 Å². The van der Waals surface area contributed by atoms with Gasteiger partial charge in [-0.25, -0.2) is 0 Å². The van der Waals surface area contributed by atoms with Gasteiger partial charge in [-0.2, -0.15) is 0 Å². The quantitative estimate of drug-likeness (QED) is 0.186. The number of rotatable bonds is 5. The van der Waals surface area contributed by atoms with Crippen LogP contribution in [0.15, 0.2) is 280 Å². The molecule has 105 heavy (non-hydrogen) atoms. The van der Waals surface area contributed by atoms with Crippen LogP contribution >= 0.6 is 15.9 Å². The Hall–Kier alpha value is -10.7. The fraction of sp³-hybridized carbons (Fsp3) is 0.200. The van der Waals surface area contributed by atoms with Gasteiger partial charge >= 0.3 is 0 Å². The Labute approximate surface area is 625 Å². The van der Waals surface area contributed by atoms with E-state index >= 15 is 0 Å². The van der Waals surface area contributed by atoms with Crippen LogP contribution in [0.2, 0.25) is 0 Å². The van der Waals surface area contributed by atoms with E-state index in [4.69, 9.17) is 8.83 Å². The lowest BCUT2D eigenvalue weighted by Crippen LogP contribution is -2.18. The van der Waals surface area contributed by atoms with Crippen LogP contribution in [-0.2, 0) is 32.5 Å². The van der Waals surface area contributed by atoms with Gasteiger partial charge in [0.25, 0.3) is 0 Å². The van der Waals surface area contributed by atoms with Crippen LogP contribution in [0.25, 0.3) is 110 Å². The highest BCUT2D eigenvalue weighted by molar-refractivity contribution is 9.10. The summed E-state index contributed by atoms with van der Waals surface area (Å²) in [7, 11) is 0. The maximum atomic E-state index is 7.01. The van der Waals surface area contributed by atoms with Crippen LogP contribution in [0.4, 0.5) is 28.4 Å². The minimum Gasteiger partial charge on any atom is -0.454 e. The molecule has 4 nitrogen and oxygen atoms in total. The summed E-state index contributed by atoms with van der Waals surface area (Å²) in [5, 5.41) is 13.2. The van der Waals surface area contributed by atoms with Gasteiger partial charge in [0.2, 0.25) is 0 Å². The van der Waals surface area contributed by atoms with Gasteiger partial charge in [-0.1, -0.05) is 307 Å². The summed E-state index contributed by atoms with van der Waals surface area (Å²) in [6.45, 7) is 32.5. The van der Waals surface area contributed by atoms with E-state index in [-0.39, 0.29) is 32.5 Å². The predicted molar refractivity (Wildman–Crippen MR) is 449 cm³/mol. The summed E-state index contributed by atoms with van der Waals surface area (Å²) < 4.78 is 14.6. The largest absolute Gasteiger partial charge is 0.454 e. The number of para-hydroxylation sites is 6. The first-order chi connectivity index (χ1) is 50.3. The summed E-state index contributed by atoms with van der Waals surface area (Å²) in [4.78, 5) is 2.43. The van der Waals surface area contributed by atoms with E-state index < -0.39 is 0 Å². The molecule has 4 aliphatic carbocycles. The Kier molecular flexibility index (Phi) is 14.9. The highest BCUT2D eigenvalue weighted by Crippen LogP contribution is 2.61. The average Bonchev–Trinajstić information content (AvgIpc) is 1.54. The molecule has 0 unspecified atom stereocenters. The summed E-state index contributed by atoms with van der Waals surface area (Å²) in [6, 6.07) is 97.4. The van der Waals surface area contributed by atoms with Crippen molar-refractivity contribution in [2.24, 2.45) is 0 Å². The fourth-order valence-electron chi connectivity index (χ4n) is 18.4. The molecule has 0 amide bonds. The Bertz CT molecular complexity index is 6280. The number of nitrogens with one attached hydrogen (secondary N) is 1. The standard InChI is InChI=1S/C50H43NO.C28H23Br.C22H21NO/c1-48(2,3)39-25-15-22-34-35-23-16-26-43(47(35)52-46(34)39)51(30-17-9-8-10-18-30)44-29-42-45(33-21-12-11-20-32(33)44)37-28-40-36(27-41(37)50(42,6)7)31-19-13-14-24-38(31)49(40,4)5;1-27(2)21-12-8-7-9-16(21)19-13-23-20(14-22(19)27)26-18-11-6-5-10-17(18)25(29)15-24(26)28(23,3)4;1-22(2,3)18-13-7-11-16-17-12-8-14-19(21(17)24-20(16)18)23-15-9-5-4-6-10-15/h8-29H,1-7H3;5-15H,1-4H3;4-14,23H,1-3H3. The zero-order valence-electron chi connectivity index (χ0n) is 62.5. The molecule has 2 aromatic heterocycles. The highest BCUT2D eigenvalue weighted by atomic mass is 79.9. The van der Waals surface area contributed by atoms with Crippen molar-refractivity contribution in [2.75, 3.05) is 10.2 Å². The topological polar surface area (TPSA) is 41.6 Å². The smallest absolute Gasteiger partial charge is 0.159 e. The van der Waals surface area contributed by atoms with Gasteiger partial charge in [-0.15, -0.1) is 0 Å². The van der Waals surface area contributed by atoms with Crippen LogP contribution in [0.3, 0.4) is 0 Å². The first-order valence-electron chi connectivity index (χ1n) is 37.2. The second kappa shape index (κ2) is 23.6. The first kappa shape index (κ1) is 66.2. The Morgan fingerprint density at radius 3 is 1.21 bits per heavy atom. The number of furan rings is 2. The van der Waals surface area contributed by atoms with E-state index in [0.29, 0.717) is 0 Å². The molecule has 0 radical (unpaired) electrons. The molecule has 0 fully saturated rings. The minimum absolute atomic E-state index is 0.0199. The molecule has 0 bridgehead atoms. The SMILES string of the molecule is CC(C)(C)c1cccc2c1oc1c(N(c3ccccc3)c3cc4c(c5ccccc35)-c3cc5c(cc3C4(C)C)-c3ccccc3C5(C)C)cccc12.CC(C)(C)c1cccc2c1oc1c(Nc3ccccc3)cccc12.CC1(C)c2ccccc2-c2cc3c(cc21)-c1c(cc(Br)c2ccccc12)C3(C)C. The molecule has 5 heteroatoms. The minimum atomic E-state index is -0.213. The lowest BCUT2D eigenvalue weighted by Gasteiger charge is -2.29. The molecular weight excluding hydrogens is 1340 g/mol. The number of halogens is 1. The summed E-state index contributed by atoms with van der Waals surface area (Å²) in [6.07, 6.45) is 0. The number of hydrogen-bond donors (Lipinski definition) is 1. The zero-order valence-corrected chi connectivity index (χ0v) is 64.1. The highest BCUT2D eigenvalue weighted by Gasteiger charge is 2.45. The van der Waals surface area contributed by atoms with E-state index in [2.05, 4.69) is 372 Å². The maximum absolute atomic E-state index is 7.01. The normalized spacial score (nSPS) is 14.9. The molecular formula is C100H87BrN2O2. The number of fused-ring (bicyclic) bond motifs is 22. The first-order valence-corrected chi connectivity index (χ1v) is 38.0. The van der Waals surface area contributed by atoms with E-state index in [9.17, 15) is 0 Å². The number of benzene rings is 14. The van der Waals surface area contributed by atoms with Crippen molar-refractivity contribution in [2.45, 2.75) is 129 Å². The average molecular weight is 1430 g/mol. The molecule has 0 saturated heterocycles. The second-order valence-electron chi connectivity index (χ2n) is 33.7. The molecule has 0 aliphatic heterocycles. The van der Waals surface area contributed by atoms with Crippen LogP contribution in [-0.4, -0.2) is 0 Å². The van der Waals surface area contributed by atoms with Crippen LogP contribution < -0.4 is 10.2 Å².